The van der Waals surface area contributed by atoms with E-state index in [-0.39, 0.29) is 0 Å². The first-order chi connectivity index (χ1) is 11.2. The number of hydrogen-bond acceptors (Lipinski definition) is 4. The van der Waals surface area contributed by atoms with E-state index in [1.807, 2.05) is 6.07 Å². The van der Waals surface area contributed by atoms with E-state index in [1.165, 1.54) is 30.4 Å². The molecule has 2 N–H and O–H groups in total. The maximum atomic E-state index is 11.5. The van der Waals surface area contributed by atoms with Gasteiger partial charge in [0.1, 0.15) is 6.21 Å². The molecule has 0 saturated carbocycles. The van der Waals surface area contributed by atoms with Crippen molar-refractivity contribution < 1.29 is 10.0 Å². The van der Waals surface area contributed by atoms with Crippen LogP contribution in [0.5, 0.6) is 0 Å². The number of rotatable bonds is 7. The molecular weight excluding hydrogens is 290 g/mol. The second-order valence-corrected chi connectivity index (χ2v) is 6.15. The quantitative estimate of drug-likeness (QED) is 0.461. The lowest BCUT2D eigenvalue weighted by atomic mass is 9.87. The number of fused-ring (bicyclic) bond motifs is 1. The third kappa shape index (κ3) is 4.79. The van der Waals surface area contributed by atoms with Crippen molar-refractivity contribution in [3.05, 3.63) is 29.3 Å². The molecule has 0 radical (unpaired) electrons. The molecule has 0 spiro atoms. The highest BCUT2D eigenvalue weighted by molar-refractivity contribution is 6.31. The number of amides is 1. The van der Waals surface area contributed by atoms with Gasteiger partial charge in [-0.15, -0.1) is 0 Å². The van der Waals surface area contributed by atoms with Gasteiger partial charge in [0.15, 0.2) is 0 Å². The number of anilines is 1. The first kappa shape index (κ1) is 17.5. The number of nitrogens with one attached hydrogen (secondary N) is 1. The van der Waals surface area contributed by atoms with E-state index < -0.39 is 5.91 Å². The molecule has 1 aromatic rings. The molecule has 0 aliphatic heterocycles. The fourth-order valence-corrected chi connectivity index (χ4v) is 3.41. The number of hydrogen-bond donors (Lipinski definition) is 2. The maximum absolute atomic E-state index is 11.5. The highest BCUT2D eigenvalue weighted by atomic mass is 16.4. The van der Waals surface area contributed by atoms with Crippen LogP contribution >= 0.6 is 0 Å². The zero-order chi connectivity index (χ0) is 16.7. The Labute approximate surface area is 138 Å². The number of carbonyl (C=O) groups excluding carboxylic acids is 1. The van der Waals surface area contributed by atoms with Crippen LogP contribution < -0.4 is 5.32 Å². The fourth-order valence-electron chi connectivity index (χ4n) is 3.41. The highest BCUT2D eigenvalue weighted by Gasteiger charge is 2.23. The molecule has 0 bridgehead atoms. The summed E-state index contributed by atoms with van der Waals surface area (Å²) in [4.78, 5) is 14.1. The van der Waals surface area contributed by atoms with Gasteiger partial charge in [-0.1, -0.05) is 25.1 Å². The van der Waals surface area contributed by atoms with E-state index in [4.69, 9.17) is 5.21 Å². The van der Waals surface area contributed by atoms with Gasteiger partial charge >= 0.3 is 0 Å². The highest BCUT2D eigenvalue weighted by Crippen LogP contribution is 2.27. The summed E-state index contributed by atoms with van der Waals surface area (Å²) in [5, 5.41) is 13.9. The van der Waals surface area contributed by atoms with Crippen molar-refractivity contribution in [2.75, 3.05) is 18.4 Å². The van der Waals surface area contributed by atoms with Crippen molar-refractivity contribution >= 4 is 17.8 Å². The molecule has 0 aromatic heterocycles. The molecule has 23 heavy (non-hydrogen) atoms. The van der Waals surface area contributed by atoms with Crippen LogP contribution in [0.2, 0.25) is 0 Å². The molecular formula is C18H27N3O2. The molecule has 2 rings (SSSR count). The first-order valence-corrected chi connectivity index (χ1v) is 8.52. The number of nitrogens with zero attached hydrogens (tertiary/aromatic N) is 2. The van der Waals surface area contributed by atoms with Gasteiger partial charge in [0.25, 0.3) is 5.91 Å². The van der Waals surface area contributed by atoms with Crippen LogP contribution in [-0.4, -0.2) is 41.4 Å². The van der Waals surface area contributed by atoms with Crippen LogP contribution in [0.15, 0.2) is 23.4 Å². The normalized spacial score (nSPS) is 17.4. The summed E-state index contributed by atoms with van der Waals surface area (Å²) >= 11 is 0. The minimum absolute atomic E-state index is 0.418. The second kappa shape index (κ2) is 8.67. The lowest BCUT2D eigenvalue weighted by Crippen LogP contribution is -2.40. The molecule has 126 valence electrons. The molecule has 5 nitrogen and oxygen atoms in total. The predicted molar refractivity (Wildman–Crippen MR) is 93.3 cm³/mol. The predicted octanol–water partition coefficient (Wildman–Crippen LogP) is 3.06. The molecule has 1 unspecified atom stereocenters. The van der Waals surface area contributed by atoms with Crippen molar-refractivity contribution in [1.29, 1.82) is 0 Å². The number of aryl methyl sites for hydroxylation is 1. The Morgan fingerprint density at radius 2 is 2.09 bits per heavy atom. The molecule has 1 amide bonds. The van der Waals surface area contributed by atoms with Gasteiger partial charge in [0, 0.05) is 11.7 Å². The van der Waals surface area contributed by atoms with E-state index in [2.05, 4.69) is 41.4 Å². The Balaban J connectivity index is 2.10. The largest absolute Gasteiger partial charge is 0.411 e. The lowest BCUT2D eigenvalue weighted by molar-refractivity contribution is -0.110. The summed E-state index contributed by atoms with van der Waals surface area (Å²) in [5.41, 5.74) is 3.45. The van der Waals surface area contributed by atoms with Crippen molar-refractivity contribution in [1.82, 2.24) is 4.90 Å². The molecule has 0 heterocycles. The molecule has 5 heteroatoms. The van der Waals surface area contributed by atoms with Crippen molar-refractivity contribution in [2.24, 2.45) is 5.16 Å². The minimum Gasteiger partial charge on any atom is -0.411 e. The average molecular weight is 317 g/mol. The van der Waals surface area contributed by atoms with Crippen LogP contribution in [0.25, 0.3) is 0 Å². The van der Waals surface area contributed by atoms with Crippen LogP contribution in [0, 0.1) is 0 Å². The zero-order valence-electron chi connectivity index (χ0n) is 14.1. The molecule has 1 aliphatic carbocycles. The van der Waals surface area contributed by atoms with E-state index >= 15 is 0 Å². The van der Waals surface area contributed by atoms with Gasteiger partial charge in [0.05, 0.1) is 0 Å². The van der Waals surface area contributed by atoms with Crippen molar-refractivity contribution in [3.8, 4) is 0 Å². The Hall–Kier alpha value is -1.88. The number of carbonyl (C=O) groups is 1. The van der Waals surface area contributed by atoms with Gasteiger partial charge in [-0.3, -0.25) is 4.79 Å². The summed E-state index contributed by atoms with van der Waals surface area (Å²) in [6, 6.07) is 6.66. The third-order valence-electron chi connectivity index (χ3n) is 4.39. The average Bonchev–Trinajstić information content (AvgIpc) is 2.54. The maximum Gasteiger partial charge on any atom is 0.270 e. The van der Waals surface area contributed by atoms with Gasteiger partial charge in [-0.05, 0) is 68.5 Å². The summed E-state index contributed by atoms with van der Waals surface area (Å²) in [6.07, 6.45) is 6.56. The Kier molecular flexibility index (Phi) is 6.59. The monoisotopic (exact) mass is 317 g/mol. The van der Waals surface area contributed by atoms with Gasteiger partial charge < -0.3 is 15.4 Å². The van der Waals surface area contributed by atoms with E-state index in [0.29, 0.717) is 6.04 Å². The van der Waals surface area contributed by atoms with E-state index in [1.54, 1.807) is 0 Å². The van der Waals surface area contributed by atoms with Crippen LogP contribution in [0.1, 0.15) is 44.2 Å². The fraction of sp³-hybridized carbons (Fsp3) is 0.556. The van der Waals surface area contributed by atoms with Crippen LogP contribution in [0.4, 0.5) is 5.69 Å². The smallest absolute Gasteiger partial charge is 0.270 e. The first-order valence-electron chi connectivity index (χ1n) is 8.52. The molecule has 1 aromatic carbocycles. The van der Waals surface area contributed by atoms with Gasteiger partial charge in [-0.25, -0.2) is 0 Å². The Morgan fingerprint density at radius 3 is 2.74 bits per heavy atom. The molecule has 0 saturated heterocycles. The van der Waals surface area contributed by atoms with Gasteiger partial charge in [0.2, 0.25) is 0 Å². The lowest BCUT2D eigenvalue weighted by Gasteiger charge is -2.35. The molecule has 1 atom stereocenters. The summed E-state index contributed by atoms with van der Waals surface area (Å²) < 4.78 is 0. The molecule has 0 fully saturated rings. The summed E-state index contributed by atoms with van der Waals surface area (Å²) in [5.74, 6) is -0.418. The molecule has 1 aliphatic rings. The van der Waals surface area contributed by atoms with Crippen LogP contribution in [-0.2, 0) is 17.6 Å². The topological polar surface area (TPSA) is 64.9 Å². The summed E-state index contributed by atoms with van der Waals surface area (Å²) in [6.45, 7) is 6.76. The van der Waals surface area contributed by atoms with E-state index in [0.717, 1.165) is 37.8 Å². The number of oxime groups is 1. The summed E-state index contributed by atoms with van der Waals surface area (Å²) in [7, 11) is 0. The Bertz CT molecular complexity index is 551. The minimum atomic E-state index is -0.418. The standard InChI is InChI=1S/C18H27N3O2/c1-3-9-21(10-4-2)17-8-6-14-5-7-16(11-15(14)12-17)20-18(22)13-19-23/h5,7,11,13,17,23H,3-4,6,8-10,12H2,1-2H3,(H,20,22)/b19-13+. The SMILES string of the molecule is CCCN(CCC)C1CCc2ccc(NC(=O)/C=N/O)cc2C1. The third-order valence-corrected chi connectivity index (χ3v) is 4.39. The van der Waals surface area contributed by atoms with Crippen molar-refractivity contribution in [2.45, 2.75) is 52.0 Å². The van der Waals surface area contributed by atoms with Crippen LogP contribution in [0.3, 0.4) is 0 Å². The second-order valence-electron chi connectivity index (χ2n) is 6.15. The van der Waals surface area contributed by atoms with Gasteiger partial charge in [-0.2, -0.15) is 0 Å². The van der Waals surface area contributed by atoms with Crippen molar-refractivity contribution in [3.63, 3.8) is 0 Å². The van der Waals surface area contributed by atoms with E-state index in [9.17, 15) is 4.79 Å². The zero-order valence-corrected chi connectivity index (χ0v) is 14.1. The number of benzene rings is 1. The Morgan fingerprint density at radius 1 is 1.35 bits per heavy atom.